The van der Waals surface area contributed by atoms with Crippen LogP contribution in [0.1, 0.15) is 51.4 Å². The number of hydrogen-bond donors (Lipinski definition) is 0. The molecular formula is C21H28O5. The number of ether oxygens (including phenoxy) is 4. The number of benzene rings is 1. The van der Waals surface area contributed by atoms with Gasteiger partial charge in [-0.3, -0.25) is 4.79 Å². The highest BCUT2D eigenvalue weighted by atomic mass is 16.7. The first-order chi connectivity index (χ1) is 12.5. The molecule has 0 aliphatic carbocycles. The summed E-state index contributed by atoms with van der Waals surface area (Å²) in [4.78, 5) is 11.7. The van der Waals surface area contributed by atoms with Crippen LogP contribution in [0.25, 0.3) is 0 Å². The van der Waals surface area contributed by atoms with Gasteiger partial charge in [0, 0.05) is 17.9 Å². The van der Waals surface area contributed by atoms with Crippen molar-refractivity contribution in [2.75, 3.05) is 13.7 Å². The molecule has 1 saturated heterocycles. The highest BCUT2D eigenvalue weighted by molar-refractivity contribution is 5.69. The Labute approximate surface area is 155 Å². The Balaban J connectivity index is 1.77. The van der Waals surface area contributed by atoms with Gasteiger partial charge in [0.15, 0.2) is 6.29 Å². The second kappa shape index (κ2) is 8.23. The molecule has 0 N–H and O–H groups in total. The molecule has 142 valence electrons. The molecule has 0 spiro atoms. The second-order valence-corrected chi connectivity index (χ2v) is 7.34. The van der Waals surface area contributed by atoms with Crippen molar-refractivity contribution in [1.29, 1.82) is 0 Å². The van der Waals surface area contributed by atoms with Gasteiger partial charge in [0.05, 0.1) is 19.3 Å². The minimum atomic E-state index is -0.413. The minimum Gasteiger partial charge on any atom is -0.497 e. The summed E-state index contributed by atoms with van der Waals surface area (Å²) in [5.74, 6) is 0.835. The second-order valence-electron chi connectivity index (χ2n) is 7.34. The van der Waals surface area contributed by atoms with Gasteiger partial charge in [-0.25, -0.2) is 0 Å². The zero-order valence-corrected chi connectivity index (χ0v) is 15.8. The van der Waals surface area contributed by atoms with Crippen LogP contribution in [0.5, 0.6) is 5.75 Å². The van der Waals surface area contributed by atoms with Crippen LogP contribution in [0.15, 0.2) is 36.4 Å². The SMILES string of the molecule is COc1ccc(C2OC3C=CC(C)COC(=O)CCCCC3(C)O2)cc1. The normalized spacial score (nSPS) is 32.9. The molecular weight excluding hydrogens is 332 g/mol. The summed E-state index contributed by atoms with van der Waals surface area (Å²) in [6, 6.07) is 7.77. The van der Waals surface area contributed by atoms with E-state index in [2.05, 4.69) is 19.1 Å². The van der Waals surface area contributed by atoms with Crippen LogP contribution >= 0.6 is 0 Å². The average molecular weight is 360 g/mol. The third kappa shape index (κ3) is 4.46. The van der Waals surface area contributed by atoms with E-state index in [0.717, 1.165) is 30.6 Å². The molecule has 3 rings (SSSR count). The zero-order valence-electron chi connectivity index (χ0n) is 15.8. The van der Waals surface area contributed by atoms with Gasteiger partial charge < -0.3 is 18.9 Å². The fourth-order valence-electron chi connectivity index (χ4n) is 3.36. The molecule has 1 aromatic rings. The molecule has 1 fully saturated rings. The summed E-state index contributed by atoms with van der Waals surface area (Å²) in [6.45, 7) is 4.53. The lowest BCUT2D eigenvalue weighted by Crippen LogP contribution is -2.35. The fraction of sp³-hybridized carbons (Fsp3) is 0.571. The molecule has 2 aliphatic heterocycles. The molecule has 4 atom stereocenters. The van der Waals surface area contributed by atoms with Crippen molar-refractivity contribution in [2.24, 2.45) is 5.92 Å². The number of carbonyl (C=O) groups excluding carboxylic acids is 1. The standard InChI is InChI=1S/C21H28O5/c1-15-7-12-18-21(2,13-5-4-6-19(22)24-14-15)26-20(25-18)16-8-10-17(23-3)11-9-16/h7-12,15,18,20H,4-6,13-14H2,1-3H3. The predicted molar refractivity (Wildman–Crippen MR) is 97.8 cm³/mol. The van der Waals surface area contributed by atoms with Crippen molar-refractivity contribution >= 4 is 5.97 Å². The molecule has 0 saturated carbocycles. The molecule has 1 aromatic carbocycles. The third-order valence-corrected chi connectivity index (χ3v) is 5.06. The monoisotopic (exact) mass is 360 g/mol. The van der Waals surface area contributed by atoms with Crippen LogP contribution in [-0.2, 0) is 19.0 Å². The van der Waals surface area contributed by atoms with Crippen molar-refractivity contribution in [1.82, 2.24) is 0 Å². The van der Waals surface area contributed by atoms with E-state index in [9.17, 15) is 4.79 Å². The van der Waals surface area contributed by atoms with Crippen molar-refractivity contribution in [3.8, 4) is 5.75 Å². The highest BCUT2D eigenvalue weighted by Crippen LogP contribution is 2.42. The first-order valence-corrected chi connectivity index (χ1v) is 9.31. The van der Waals surface area contributed by atoms with Crippen molar-refractivity contribution in [3.63, 3.8) is 0 Å². The maximum Gasteiger partial charge on any atom is 0.305 e. The molecule has 2 heterocycles. The number of hydrogen-bond acceptors (Lipinski definition) is 5. The van der Waals surface area contributed by atoms with E-state index < -0.39 is 11.9 Å². The molecule has 2 aliphatic rings. The van der Waals surface area contributed by atoms with E-state index in [1.807, 2.05) is 31.2 Å². The molecule has 5 heteroatoms. The van der Waals surface area contributed by atoms with Gasteiger partial charge >= 0.3 is 5.97 Å². The van der Waals surface area contributed by atoms with Gasteiger partial charge in [-0.1, -0.05) is 31.2 Å². The first-order valence-electron chi connectivity index (χ1n) is 9.31. The van der Waals surface area contributed by atoms with Crippen molar-refractivity contribution in [2.45, 2.75) is 57.5 Å². The Bertz CT molecular complexity index is 638. The van der Waals surface area contributed by atoms with Gasteiger partial charge in [-0.15, -0.1) is 0 Å². The summed E-state index contributed by atoms with van der Waals surface area (Å²) in [7, 11) is 1.65. The van der Waals surface area contributed by atoms with Crippen molar-refractivity contribution in [3.05, 3.63) is 42.0 Å². The Morgan fingerprint density at radius 3 is 2.65 bits per heavy atom. The summed E-state index contributed by atoms with van der Waals surface area (Å²) >= 11 is 0. The van der Waals surface area contributed by atoms with Crippen LogP contribution in [0, 0.1) is 5.92 Å². The largest absolute Gasteiger partial charge is 0.497 e. The Morgan fingerprint density at radius 2 is 1.92 bits per heavy atom. The molecule has 0 radical (unpaired) electrons. The lowest BCUT2D eigenvalue weighted by molar-refractivity contribution is -0.144. The maximum absolute atomic E-state index is 11.7. The van der Waals surface area contributed by atoms with E-state index in [-0.39, 0.29) is 18.0 Å². The van der Waals surface area contributed by atoms with Crippen molar-refractivity contribution < 1.29 is 23.7 Å². The maximum atomic E-state index is 11.7. The number of carbonyl (C=O) groups is 1. The third-order valence-electron chi connectivity index (χ3n) is 5.06. The van der Waals surface area contributed by atoms with E-state index >= 15 is 0 Å². The molecule has 0 bridgehead atoms. The van der Waals surface area contributed by atoms with E-state index in [4.69, 9.17) is 18.9 Å². The fourth-order valence-corrected chi connectivity index (χ4v) is 3.36. The van der Waals surface area contributed by atoms with Gasteiger partial charge in [0.25, 0.3) is 0 Å². The summed E-state index contributed by atoms with van der Waals surface area (Å²) < 4.78 is 23.1. The van der Waals surface area contributed by atoms with Gasteiger partial charge in [-0.05, 0) is 38.3 Å². The summed E-state index contributed by atoms with van der Waals surface area (Å²) in [6.07, 6.45) is 6.56. The number of rotatable bonds is 2. The average Bonchev–Trinajstić information content (AvgIpc) is 2.98. The van der Waals surface area contributed by atoms with Gasteiger partial charge in [0.1, 0.15) is 11.9 Å². The van der Waals surface area contributed by atoms with Crippen LogP contribution in [-0.4, -0.2) is 31.4 Å². The molecule has 26 heavy (non-hydrogen) atoms. The summed E-state index contributed by atoms with van der Waals surface area (Å²) in [5.41, 5.74) is 0.563. The van der Waals surface area contributed by atoms with Crippen LogP contribution < -0.4 is 4.74 Å². The molecule has 0 aromatic heterocycles. The van der Waals surface area contributed by atoms with Gasteiger partial charge in [-0.2, -0.15) is 0 Å². The Morgan fingerprint density at radius 1 is 1.15 bits per heavy atom. The predicted octanol–water partition coefficient (Wildman–Crippen LogP) is 4.18. The summed E-state index contributed by atoms with van der Waals surface area (Å²) in [5, 5.41) is 0. The number of methoxy groups -OCH3 is 1. The van der Waals surface area contributed by atoms with Crippen LogP contribution in [0.3, 0.4) is 0 Å². The van der Waals surface area contributed by atoms with E-state index in [1.54, 1.807) is 7.11 Å². The number of cyclic esters (lactones) is 1. The Kier molecular flexibility index (Phi) is 5.99. The molecule has 0 amide bonds. The highest BCUT2D eigenvalue weighted by Gasteiger charge is 2.45. The lowest BCUT2D eigenvalue weighted by atomic mass is 9.91. The lowest BCUT2D eigenvalue weighted by Gasteiger charge is -2.27. The van der Waals surface area contributed by atoms with Gasteiger partial charge in [0.2, 0.25) is 0 Å². The zero-order chi connectivity index (χ0) is 18.6. The Hall–Kier alpha value is -1.85. The quantitative estimate of drug-likeness (QED) is 0.585. The first kappa shape index (κ1) is 18.9. The minimum absolute atomic E-state index is 0.118. The smallest absolute Gasteiger partial charge is 0.305 e. The number of fused-ring (bicyclic) bond motifs is 1. The molecule has 4 unspecified atom stereocenters. The molecule has 5 nitrogen and oxygen atoms in total. The number of esters is 1. The van der Waals surface area contributed by atoms with E-state index in [1.165, 1.54) is 0 Å². The van der Waals surface area contributed by atoms with Crippen LogP contribution in [0.2, 0.25) is 0 Å². The van der Waals surface area contributed by atoms with E-state index in [0.29, 0.717) is 13.0 Å². The van der Waals surface area contributed by atoms with Crippen LogP contribution in [0.4, 0.5) is 0 Å². The topological polar surface area (TPSA) is 54.0 Å².